The highest BCUT2D eigenvalue weighted by atomic mass is 35.6. The maximum Gasteiger partial charge on any atom is 0.265 e. The molecule has 2 atom stereocenters. The third-order valence-electron chi connectivity index (χ3n) is 3.12. The molecule has 1 saturated heterocycles. The van der Waals surface area contributed by atoms with Crippen molar-refractivity contribution < 1.29 is 18.5 Å². The fourth-order valence-corrected chi connectivity index (χ4v) is 4.87. The molecule has 0 bridgehead atoms. The van der Waals surface area contributed by atoms with Gasteiger partial charge in [0, 0.05) is 6.42 Å². The Balaban J connectivity index is 2.04. The SMILES string of the molecule is O=C(N[C@@H]([NH2+][C@@H]1CCS(=O)(=O)C1)C(Cl)(Cl)Cl)c1cccs1. The van der Waals surface area contributed by atoms with E-state index in [0.29, 0.717) is 11.3 Å². The molecule has 0 aromatic carbocycles. The lowest BCUT2D eigenvalue weighted by atomic mass is 10.2. The molecule has 5 nitrogen and oxygen atoms in total. The minimum atomic E-state index is -3.03. The second kappa shape index (κ2) is 6.60. The summed E-state index contributed by atoms with van der Waals surface area (Å²) in [5.41, 5.74) is 0. The molecule has 1 aromatic heterocycles. The quantitative estimate of drug-likeness (QED) is 0.591. The van der Waals surface area contributed by atoms with Crippen molar-refractivity contribution in [3.8, 4) is 0 Å². The molecular weight excluding hydrogens is 379 g/mol. The zero-order valence-electron chi connectivity index (χ0n) is 10.8. The first kappa shape index (κ1) is 17.3. The number of carbonyl (C=O) groups excluding carboxylic acids is 1. The van der Waals surface area contributed by atoms with Gasteiger partial charge in [-0.1, -0.05) is 40.9 Å². The van der Waals surface area contributed by atoms with Crippen LogP contribution in [0, 0.1) is 0 Å². The zero-order valence-corrected chi connectivity index (χ0v) is 14.7. The number of hydrogen-bond donors (Lipinski definition) is 2. The molecule has 0 radical (unpaired) electrons. The molecule has 1 aliphatic heterocycles. The van der Waals surface area contributed by atoms with Crippen molar-refractivity contribution in [3.63, 3.8) is 0 Å². The number of amides is 1. The zero-order chi connectivity index (χ0) is 15.7. The molecule has 21 heavy (non-hydrogen) atoms. The van der Waals surface area contributed by atoms with Crippen LogP contribution in [-0.4, -0.2) is 41.8 Å². The number of thiophene rings is 1. The topological polar surface area (TPSA) is 79.8 Å². The summed E-state index contributed by atoms with van der Waals surface area (Å²) in [6.07, 6.45) is -0.371. The van der Waals surface area contributed by atoms with Gasteiger partial charge in [0.1, 0.15) is 11.8 Å². The minimum Gasteiger partial charge on any atom is -0.320 e. The van der Waals surface area contributed by atoms with E-state index in [0.717, 1.165) is 0 Å². The number of nitrogens with two attached hydrogens (primary N) is 1. The third-order valence-corrected chi connectivity index (χ3v) is 6.48. The molecular formula is C11H14Cl3N2O3S2+. The second-order valence-electron chi connectivity index (χ2n) is 4.83. The maximum atomic E-state index is 12.0. The smallest absolute Gasteiger partial charge is 0.265 e. The van der Waals surface area contributed by atoms with Gasteiger partial charge in [0.05, 0.1) is 10.6 Å². The number of halogens is 3. The van der Waals surface area contributed by atoms with Gasteiger partial charge in [-0.3, -0.25) is 10.1 Å². The van der Waals surface area contributed by atoms with Crippen LogP contribution in [0.1, 0.15) is 16.1 Å². The van der Waals surface area contributed by atoms with E-state index in [9.17, 15) is 13.2 Å². The van der Waals surface area contributed by atoms with Crippen molar-refractivity contribution >= 4 is 61.9 Å². The summed E-state index contributed by atoms with van der Waals surface area (Å²) in [5, 5.41) is 6.02. The average molecular weight is 393 g/mol. The first-order chi connectivity index (χ1) is 9.67. The number of hydrogen-bond acceptors (Lipinski definition) is 4. The van der Waals surface area contributed by atoms with Crippen molar-refractivity contribution in [2.45, 2.75) is 22.4 Å². The van der Waals surface area contributed by atoms with Gasteiger partial charge in [-0.2, -0.15) is 0 Å². The summed E-state index contributed by atoms with van der Waals surface area (Å²) >= 11 is 19.0. The summed E-state index contributed by atoms with van der Waals surface area (Å²) in [4.78, 5) is 12.6. The molecule has 1 amide bonds. The normalized spacial score (nSPS) is 22.9. The highest BCUT2D eigenvalue weighted by molar-refractivity contribution is 7.91. The van der Waals surface area contributed by atoms with E-state index in [1.165, 1.54) is 11.3 Å². The summed E-state index contributed by atoms with van der Waals surface area (Å²) in [5.74, 6) is -0.197. The Morgan fingerprint density at radius 3 is 2.67 bits per heavy atom. The summed E-state index contributed by atoms with van der Waals surface area (Å²) in [6.45, 7) is 0. The van der Waals surface area contributed by atoms with Crippen LogP contribution in [0.2, 0.25) is 0 Å². The number of sulfone groups is 1. The largest absolute Gasteiger partial charge is 0.320 e. The highest BCUT2D eigenvalue weighted by Gasteiger charge is 2.42. The molecule has 10 heteroatoms. The molecule has 3 N–H and O–H groups in total. The van der Waals surface area contributed by atoms with Crippen LogP contribution in [0.3, 0.4) is 0 Å². The van der Waals surface area contributed by atoms with Gasteiger partial charge >= 0.3 is 0 Å². The number of nitrogens with one attached hydrogen (secondary N) is 1. The van der Waals surface area contributed by atoms with Gasteiger partial charge in [0.15, 0.2) is 9.84 Å². The molecule has 0 saturated carbocycles. The molecule has 1 aromatic rings. The Hall–Kier alpha value is -0.0500. The van der Waals surface area contributed by atoms with Crippen LogP contribution in [0.15, 0.2) is 17.5 Å². The van der Waals surface area contributed by atoms with Gasteiger partial charge < -0.3 is 5.32 Å². The predicted octanol–water partition coefficient (Wildman–Crippen LogP) is 0.925. The molecule has 0 spiro atoms. The molecule has 118 valence electrons. The molecule has 1 fully saturated rings. The maximum absolute atomic E-state index is 12.0. The van der Waals surface area contributed by atoms with Crippen LogP contribution in [0.4, 0.5) is 0 Å². The first-order valence-electron chi connectivity index (χ1n) is 6.14. The van der Waals surface area contributed by atoms with Crippen molar-refractivity contribution in [1.82, 2.24) is 5.32 Å². The van der Waals surface area contributed by atoms with Gasteiger partial charge in [0.2, 0.25) is 6.17 Å². The van der Waals surface area contributed by atoms with Crippen molar-refractivity contribution in [2.24, 2.45) is 0 Å². The first-order valence-corrected chi connectivity index (χ1v) is 9.97. The average Bonchev–Trinajstić information content (AvgIpc) is 2.96. The molecule has 0 aliphatic carbocycles. The van der Waals surface area contributed by atoms with E-state index in [1.807, 2.05) is 0 Å². The summed E-state index contributed by atoms with van der Waals surface area (Å²) in [6, 6.07) is 3.19. The third kappa shape index (κ3) is 4.97. The van der Waals surface area contributed by atoms with Crippen molar-refractivity contribution in [1.29, 1.82) is 0 Å². The lowest BCUT2D eigenvalue weighted by Gasteiger charge is -2.25. The van der Waals surface area contributed by atoms with Crippen LogP contribution < -0.4 is 10.6 Å². The minimum absolute atomic E-state index is 0.0269. The van der Waals surface area contributed by atoms with Gasteiger partial charge in [0.25, 0.3) is 9.70 Å². The Morgan fingerprint density at radius 2 is 2.19 bits per heavy atom. The monoisotopic (exact) mass is 391 g/mol. The Morgan fingerprint density at radius 1 is 1.48 bits per heavy atom. The van der Waals surface area contributed by atoms with Crippen LogP contribution in [-0.2, 0) is 9.84 Å². The fourth-order valence-electron chi connectivity index (χ4n) is 2.11. The lowest BCUT2D eigenvalue weighted by molar-refractivity contribution is -0.719. The van der Waals surface area contributed by atoms with E-state index in [2.05, 4.69) is 5.32 Å². The number of alkyl halides is 3. The summed E-state index contributed by atoms with van der Waals surface area (Å²) < 4.78 is 21.2. The van der Waals surface area contributed by atoms with E-state index in [-0.39, 0.29) is 23.5 Å². The lowest BCUT2D eigenvalue weighted by Crippen LogP contribution is -3.00. The second-order valence-corrected chi connectivity index (χ2v) is 10.4. The fraction of sp³-hybridized carbons (Fsp3) is 0.545. The predicted molar refractivity (Wildman–Crippen MR) is 84.8 cm³/mol. The standard InChI is InChI=1S/C11H13Cl3N2O3S2/c12-11(13,14)10(15-7-3-5-21(18,19)6-7)16-9(17)8-2-1-4-20-8/h1-2,4,7,10,15H,3,5-6H2,(H,16,17)/p+1/t7-,10-/m1/s1. The number of rotatable bonds is 4. The Bertz CT molecular complexity index is 599. The molecule has 0 unspecified atom stereocenters. The van der Waals surface area contributed by atoms with Crippen LogP contribution in [0.25, 0.3) is 0 Å². The Kier molecular flexibility index (Phi) is 5.44. The summed E-state index contributed by atoms with van der Waals surface area (Å²) in [7, 11) is -3.03. The number of carbonyl (C=O) groups is 1. The van der Waals surface area contributed by atoms with Crippen molar-refractivity contribution in [2.75, 3.05) is 11.5 Å². The highest BCUT2D eigenvalue weighted by Crippen LogP contribution is 2.28. The van der Waals surface area contributed by atoms with Crippen LogP contribution in [0.5, 0.6) is 0 Å². The molecule has 2 rings (SSSR count). The van der Waals surface area contributed by atoms with E-state index in [1.54, 1.807) is 22.8 Å². The Labute approximate surface area is 141 Å². The van der Waals surface area contributed by atoms with Gasteiger partial charge in [-0.15, -0.1) is 11.3 Å². The molecule has 2 heterocycles. The number of quaternary nitrogens is 1. The van der Waals surface area contributed by atoms with E-state index in [4.69, 9.17) is 34.8 Å². The molecule has 1 aliphatic rings. The van der Waals surface area contributed by atoms with Crippen LogP contribution >= 0.6 is 46.1 Å². The van der Waals surface area contributed by atoms with Crippen molar-refractivity contribution in [3.05, 3.63) is 22.4 Å². The van der Waals surface area contributed by atoms with Gasteiger partial charge in [-0.25, -0.2) is 8.42 Å². The van der Waals surface area contributed by atoms with E-state index < -0.39 is 19.8 Å². The van der Waals surface area contributed by atoms with Gasteiger partial charge in [-0.05, 0) is 11.4 Å². The van der Waals surface area contributed by atoms with E-state index >= 15 is 0 Å².